The van der Waals surface area contributed by atoms with E-state index in [1.165, 1.54) is 0 Å². The number of amides is 1. The molecule has 5 aromatic carbocycles. The lowest BCUT2D eigenvalue weighted by molar-refractivity contribution is -0.144. The number of primary amides is 1. The van der Waals surface area contributed by atoms with Gasteiger partial charge in [0.1, 0.15) is 12.6 Å². The lowest BCUT2D eigenvalue weighted by Crippen LogP contribution is -2.54. The number of fused-ring (bicyclic) bond motifs is 3. The first-order valence-electron chi connectivity index (χ1n) is 14.8. The first-order chi connectivity index (χ1) is 22.0. The van der Waals surface area contributed by atoms with Crippen LogP contribution < -0.4 is 11.1 Å². The summed E-state index contributed by atoms with van der Waals surface area (Å²) in [5, 5.41) is 3.39. The van der Waals surface area contributed by atoms with E-state index < -0.39 is 36.0 Å². The Balaban J connectivity index is 1.28. The van der Waals surface area contributed by atoms with Crippen molar-refractivity contribution in [2.24, 2.45) is 5.73 Å². The fraction of sp³-hybridized carbons (Fsp3) is 0.132. The number of carbonyl (C=O) groups excluding carboxylic acids is 3. The molecule has 3 N–H and O–H groups in total. The van der Waals surface area contributed by atoms with Crippen molar-refractivity contribution in [3.8, 4) is 11.1 Å². The van der Waals surface area contributed by atoms with Gasteiger partial charge in [0.15, 0.2) is 0 Å². The molecule has 1 amide bonds. The SMILES string of the molecule is NC(=O)C[C@H](NC(c1ccccc1)(c1ccccc1)c1ccccc1)C(=O)OC(=O)OCC1c2ccccc2-c2ccccc21. The number of ether oxygens (including phenoxy) is 2. The standard InChI is InChI=1S/C38H32N2O5/c39-35(41)24-34(36(42)45-37(43)44-25-33-31-22-12-10-20-29(31)30-21-11-13-23-32(30)33)40-38(26-14-4-1-5-15-26,27-16-6-2-7-17-27)28-18-8-3-9-19-28/h1-23,33-34,40H,24-25H2,(H2,39,41)/t34-/m0/s1. The topological polar surface area (TPSA) is 108 Å². The molecule has 0 saturated carbocycles. The van der Waals surface area contributed by atoms with E-state index in [2.05, 4.69) is 5.32 Å². The highest BCUT2D eigenvalue weighted by Gasteiger charge is 2.41. The van der Waals surface area contributed by atoms with Gasteiger partial charge < -0.3 is 15.2 Å². The smallest absolute Gasteiger partial charge is 0.433 e. The molecule has 0 heterocycles. The Morgan fingerprint density at radius 3 is 1.51 bits per heavy atom. The number of hydrogen-bond acceptors (Lipinski definition) is 6. The molecule has 0 bridgehead atoms. The van der Waals surface area contributed by atoms with E-state index in [4.69, 9.17) is 15.2 Å². The fourth-order valence-electron chi connectivity index (χ4n) is 6.24. The van der Waals surface area contributed by atoms with Crippen molar-refractivity contribution in [1.82, 2.24) is 5.32 Å². The predicted octanol–water partition coefficient (Wildman–Crippen LogP) is 6.30. The van der Waals surface area contributed by atoms with Crippen LogP contribution in [-0.2, 0) is 24.6 Å². The van der Waals surface area contributed by atoms with E-state index in [0.29, 0.717) is 0 Å². The van der Waals surface area contributed by atoms with Crippen molar-refractivity contribution < 1.29 is 23.9 Å². The van der Waals surface area contributed by atoms with Crippen LogP contribution in [0, 0.1) is 0 Å². The zero-order valence-corrected chi connectivity index (χ0v) is 24.5. The molecule has 224 valence electrons. The maximum atomic E-state index is 13.7. The maximum Gasteiger partial charge on any atom is 0.516 e. The van der Waals surface area contributed by atoms with Crippen molar-refractivity contribution in [3.05, 3.63) is 167 Å². The van der Waals surface area contributed by atoms with Crippen molar-refractivity contribution in [2.45, 2.75) is 23.9 Å². The van der Waals surface area contributed by atoms with Gasteiger partial charge in [-0.15, -0.1) is 0 Å². The summed E-state index contributed by atoms with van der Waals surface area (Å²) in [6.07, 6.45) is -1.56. The highest BCUT2D eigenvalue weighted by molar-refractivity contribution is 5.90. The van der Waals surface area contributed by atoms with Crippen LogP contribution in [0.5, 0.6) is 0 Å². The molecule has 7 nitrogen and oxygen atoms in total. The van der Waals surface area contributed by atoms with Gasteiger partial charge in [-0.05, 0) is 38.9 Å². The third-order valence-electron chi connectivity index (χ3n) is 8.22. The van der Waals surface area contributed by atoms with Crippen molar-refractivity contribution in [2.75, 3.05) is 6.61 Å². The van der Waals surface area contributed by atoms with Gasteiger partial charge in [-0.25, -0.2) is 9.59 Å². The second kappa shape index (κ2) is 13.0. The maximum absolute atomic E-state index is 13.7. The van der Waals surface area contributed by atoms with Gasteiger partial charge in [0.2, 0.25) is 5.91 Å². The highest BCUT2D eigenvalue weighted by atomic mass is 16.7. The lowest BCUT2D eigenvalue weighted by Gasteiger charge is -2.39. The van der Waals surface area contributed by atoms with Crippen LogP contribution in [-0.4, -0.2) is 30.7 Å². The van der Waals surface area contributed by atoms with E-state index in [9.17, 15) is 14.4 Å². The van der Waals surface area contributed by atoms with Crippen molar-refractivity contribution >= 4 is 18.0 Å². The molecule has 45 heavy (non-hydrogen) atoms. The normalized spacial score (nSPS) is 12.9. The Hall–Kier alpha value is -5.53. The first-order valence-corrected chi connectivity index (χ1v) is 14.8. The number of nitrogens with one attached hydrogen (secondary N) is 1. The Bertz CT molecular complexity index is 1670. The molecule has 0 spiro atoms. The molecule has 0 radical (unpaired) electrons. The molecule has 1 aliphatic carbocycles. The van der Waals surface area contributed by atoms with Crippen molar-refractivity contribution in [1.29, 1.82) is 0 Å². The molecule has 1 aliphatic rings. The minimum atomic E-state index is -1.29. The fourth-order valence-corrected chi connectivity index (χ4v) is 6.24. The van der Waals surface area contributed by atoms with Gasteiger partial charge in [-0.2, -0.15) is 0 Å². The molecular formula is C38H32N2O5. The molecule has 0 aliphatic heterocycles. The third-order valence-corrected chi connectivity index (χ3v) is 8.22. The largest absolute Gasteiger partial charge is 0.516 e. The average Bonchev–Trinajstić information content (AvgIpc) is 3.40. The second-order valence-electron chi connectivity index (χ2n) is 10.9. The van der Waals surface area contributed by atoms with Crippen LogP contribution in [0.1, 0.15) is 40.2 Å². The minimum absolute atomic E-state index is 0.0178. The van der Waals surface area contributed by atoms with Crippen LogP contribution in [0.25, 0.3) is 11.1 Å². The molecule has 0 unspecified atom stereocenters. The van der Waals surface area contributed by atoms with Gasteiger partial charge in [-0.1, -0.05) is 140 Å². The van der Waals surface area contributed by atoms with E-state index in [0.717, 1.165) is 38.9 Å². The van der Waals surface area contributed by atoms with Crippen LogP contribution in [0.15, 0.2) is 140 Å². The summed E-state index contributed by atoms with van der Waals surface area (Å²) >= 11 is 0. The van der Waals surface area contributed by atoms with Gasteiger partial charge in [-0.3, -0.25) is 10.1 Å². The summed E-state index contributed by atoms with van der Waals surface area (Å²) in [5.74, 6) is -1.92. The van der Waals surface area contributed by atoms with Crippen LogP contribution in [0.4, 0.5) is 4.79 Å². The predicted molar refractivity (Wildman–Crippen MR) is 171 cm³/mol. The van der Waals surface area contributed by atoms with Gasteiger partial charge in [0.25, 0.3) is 0 Å². The van der Waals surface area contributed by atoms with Gasteiger partial charge in [0.05, 0.1) is 12.0 Å². The summed E-state index contributed by atoms with van der Waals surface area (Å²) in [6, 6.07) is 43.3. The summed E-state index contributed by atoms with van der Waals surface area (Å²) < 4.78 is 10.8. The second-order valence-corrected chi connectivity index (χ2v) is 10.9. The summed E-state index contributed by atoms with van der Waals surface area (Å²) in [6.45, 7) is -0.0178. The molecule has 1 atom stereocenters. The lowest BCUT2D eigenvalue weighted by atomic mass is 9.76. The molecular weight excluding hydrogens is 564 g/mol. The number of carbonyl (C=O) groups is 3. The van der Waals surface area contributed by atoms with Crippen LogP contribution in [0.2, 0.25) is 0 Å². The molecule has 0 fully saturated rings. The Kier molecular flexibility index (Phi) is 8.53. The first kappa shape index (κ1) is 29.5. The number of hydrogen-bond donors (Lipinski definition) is 2. The van der Waals surface area contributed by atoms with E-state index in [1.807, 2.05) is 140 Å². The molecule has 7 heteroatoms. The zero-order chi connectivity index (χ0) is 31.2. The summed E-state index contributed by atoms with van der Waals surface area (Å²) in [5.41, 5.74) is 11.2. The van der Waals surface area contributed by atoms with Gasteiger partial charge in [0, 0.05) is 5.92 Å². The third kappa shape index (κ3) is 5.98. The van der Waals surface area contributed by atoms with Crippen LogP contribution in [0.3, 0.4) is 0 Å². The number of nitrogens with two attached hydrogens (primary N) is 1. The zero-order valence-electron chi connectivity index (χ0n) is 24.5. The van der Waals surface area contributed by atoms with Gasteiger partial charge >= 0.3 is 12.1 Å². The minimum Gasteiger partial charge on any atom is -0.433 e. The summed E-state index contributed by atoms with van der Waals surface area (Å²) in [7, 11) is 0. The monoisotopic (exact) mass is 596 g/mol. The van der Waals surface area contributed by atoms with E-state index in [-0.39, 0.29) is 12.5 Å². The average molecular weight is 597 g/mol. The highest BCUT2D eigenvalue weighted by Crippen LogP contribution is 2.44. The molecule has 0 aromatic heterocycles. The van der Waals surface area contributed by atoms with E-state index in [1.54, 1.807) is 0 Å². The Labute approximate surface area is 261 Å². The quantitative estimate of drug-likeness (QED) is 0.111. The Morgan fingerprint density at radius 2 is 1.07 bits per heavy atom. The molecule has 0 saturated heterocycles. The van der Waals surface area contributed by atoms with Crippen LogP contribution >= 0.6 is 0 Å². The Morgan fingerprint density at radius 1 is 0.644 bits per heavy atom. The van der Waals surface area contributed by atoms with Crippen molar-refractivity contribution in [3.63, 3.8) is 0 Å². The summed E-state index contributed by atoms with van der Waals surface area (Å²) in [4.78, 5) is 38.9. The number of rotatable bonds is 10. The molecule has 6 rings (SSSR count). The molecule has 5 aromatic rings. The number of esters is 1. The number of benzene rings is 5. The van der Waals surface area contributed by atoms with E-state index >= 15 is 0 Å².